The first-order valence-corrected chi connectivity index (χ1v) is 3.76. The normalized spacial score (nSPS) is 9.42. The molecule has 0 aliphatic rings. The summed E-state index contributed by atoms with van der Waals surface area (Å²) in [6.07, 6.45) is 1.70. The van der Waals surface area contributed by atoms with E-state index >= 15 is 0 Å². The van der Waals surface area contributed by atoms with Crippen molar-refractivity contribution in [3.63, 3.8) is 0 Å². The van der Waals surface area contributed by atoms with Gasteiger partial charge in [-0.15, -0.1) is 0 Å². The van der Waals surface area contributed by atoms with E-state index in [0.29, 0.717) is 0 Å². The van der Waals surface area contributed by atoms with Crippen LogP contribution in [0.25, 0.3) is 11.8 Å². The van der Waals surface area contributed by atoms with Gasteiger partial charge >= 0.3 is 0 Å². The number of hydrogen-bond donors (Lipinski definition) is 1. The summed E-state index contributed by atoms with van der Waals surface area (Å²) in [4.78, 5) is 0. The van der Waals surface area contributed by atoms with Crippen molar-refractivity contribution < 1.29 is 5.11 Å². The van der Waals surface area contributed by atoms with Crippen LogP contribution in [0.15, 0.2) is 31.4 Å². The fourth-order valence-electron chi connectivity index (χ4n) is 1.10. The molecule has 0 amide bonds. The van der Waals surface area contributed by atoms with E-state index in [2.05, 4.69) is 13.2 Å². The van der Waals surface area contributed by atoms with Crippen LogP contribution in [-0.2, 0) is 0 Å². The quantitative estimate of drug-likeness (QED) is 0.659. The zero-order valence-corrected chi connectivity index (χ0v) is 7.17. The highest BCUT2D eigenvalue weighted by Crippen LogP contribution is 2.18. The van der Waals surface area contributed by atoms with Gasteiger partial charge in [0.15, 0.2) is 0 Å². The van der Waals surface area contributed by atoms with Crippen LogP contribution in [0.5, 0.6) is 0 Å². The lowest BCUT2D eigenvalue weighted by Crippen LogP contribution is -1.87. The molecule has 0 fully saturated rings. The van der Waals surface area contributed by atoms with Gasteiger partial charge < -0.3 is 5.11 Å². The molecule has 0 unspecified atom stereocenters. The summed E-state index contributed by atoms with van der Waals surface area (Å²) in [5.41, 5.74) is 2.77. The van der Waals surface area contributed by atoms with Gasteiger partial charge in [0.1, 0.15) is 5.76 Å². The molecule has 0 atom stereocenters. The number of benzene rings is 1. The third-order valence-electron chi connectivity index (χ3n) is 1.74. The molecular formula is C11H12O. The van der Waals surface area contributed by atoms with Crippen molar-refractivity contribution >= 4 is 11.8 Å². The Morgan fingerprint density at radius 2 is 2.17 bits per heavy atom. The number of rotatable bonds is 2. The summed E-state index contributed by atoms with van der Waals surface area (Å²) < 4.78 is 0. The second kappa shape index (κ2) is 3.26. The van der Waals surface area contributed by atoms with Gasteiger partial charge in [-0.2, -0.15) is 0 Å². The van der Waals surface area contributed by atoms with Crippen molar-refractivity contribution in [1.29, 1.82) is 0 Å². The van der Waals surface area contributed by atoms with Crippen LogP contribution in [0, 0.1) is 6.92 Å². The largest absolute Gasteiger partial charge is 0.508 e. The highest BCUT2D eigenvalue weighted by molar-refractivity contribution is 5.68. The lowest BCUT2D eigenvalue weighted by Gasteiger charge is -2.04. The second-order valence-electron chi connectivity index (χ2n) is 2.74. The van der Waals surface area contributed by atoms with E-state index in [1.54, 1.807) is 6.08 Å². The lowest BCUT2D eigenvalue weighted by molar-refractivity contribution is 0.513. The van der Waals surface area contributed by atoms with Crippen molar-refractivity contribution in [2.45, 2.75) is 6.92 Å². The minimum Gasteiger partial charge on any atom is -0.508 e. The third kappa shape index (κ3) is 1.56. The van der Waals surface area contributed by atoms with E-state index in [-0.39, 0.29) is 5.76 Å². The molecule has 1 nitrogen and oxygen atoms in total. The van der Waals surface area contributed by atoms with Crippen molar-refractivity contribution in [3.05, 3.63) is 48.0 Å². The van der Waals surface area contributed by atoms with E-state index in [1.807, 2.05) is 25.1 Å². The van der Waals surface area contributed by atoms with Gasteiger partial charge in [0.05, 0.1) is 0 Å². The monoisotopic (exact) mass is 160 g/mol. The first-order valence-electron chi connectivity index (χ1n) is 3.76. The highest BCUT2D eigenvalue weighted by atomic mass is 16.3. The van der Waals surface area contributed by atoms with Gasteiger partial charge in [-0.3, -0.25) is 0 Å². The van der Waals surface area contributed by atoms with Crippen molar-refractivity contribution in [3.8, 4) is 0 Å². The van der Waals surface area contributed by atoms with Gasteiger partial charge in [-0.05, 0) is 18.6 Å². The molecular weight excluding hydrogens is 148 g/mol. The Kier molecular flexibility index (Phi) is 2.34. The van der Waals surface area contributed by atoms with Crippen molar-refractivity contribution in [2.24, 2.45) is 0 Å². The van der Waals surface area contributed by atoms with Crippen LogP contribution in [0.3, 0.4) is 0 Å². The van der Waals surface area contributed by atoms with Crippen LogP contribution in [0.1, 0.15) is 16.7 Å². The predicted octanol–water partition coefficient (Wildman–Crippen LogP) is 3.17. The summed E-state index contributed by atoms with van der Waals surface area (Å²) in [6, 6.07) is 5.78. The molecule has 0 radical (unpaired) electrons. The van der Waals surface area contributed by atoms with Gasteiger partial charge in [0, 0.05) is 5.56 Å². The van der Waals surface area contributed by atoms with Gasteiger partial charge in [-0.1, -0.05) is 36.9 Å². The average molecular weight is 160 g/mol. The van der Waals surface area contributed by atoms with E-state index < -0.39 is 0 Å². The molecule has 0 aliphatic heterocycles. The molecule has 0 heterocycles. The summed E-state index contributed by atoms with van der Waals surface area (Å²) in [5.74, 6) is 0.0913. The Morgan fingerprint density at radius 1 is 1.50 bits per heavy atom. The maximum absolute atomic E-state index is 9.22. The Bertz CT molecular complexity index is 324. The lowest BCUT2D eigenvalue weighted by atomic mass is 10.0. The van der Waals surface area contributed by atoms with E-state index in [1.165, 1.54) is 0 Å². The first kappa shape index (κ1) is 8.60. The van der Waals surface area contributed by atoms with Crippen LogP contribution >= 0.6 is 0 Å². The maximum atomic E-state index is 9.22. The molecule has 0 spiro atoms. The van der Waals surface area contributed by atoms with Gasteiger partial charge in [0.25, 0.3) is 0 Å². The van der Waals surface area contributed by atoms with Crippen LogP contribution < -0.4 is 0 Å². The Hall–Kier alpha value is -1.50. The minimum absolute atomic E-state index is 0.0913. The number of hydrogen-bond acceptors (Lipinski definition) is 1. The number of aliphatic hydroxyl groups excluding tert-OH is 1. The zero-order chi connectivity index (χ0) is 9.14. The Labute approximate surface area is 72.7 Å². The fourth-order valence-corrected chi connectivity index (χ4v) is 1.10. The molecule has 0 saturated heterocycles. The molecule has 12 heavy (non-hydrogen) atoms. The SMILES string of the molecule is C=Cc1ccc(C)cc1C(=C)O. The van der Waals surface area contributed by atoms with Gasteiger partial charge in [-0.25, -0.2) is 0 Å². The fraction of sp³-hybridized carbons (Fsp3) is 0.0909. The molecule has 1 heteroatoms. The van der Waals surface area contributed by atoms with Crippen LogP contribution in [-0.4, -0.2) is 5.11 Å². The molecule has 1 aromatic rings. The summed E-state index contributed by atoms with van der Waals surface area (Å²) >= 11 is 0. The molecule has 0 saturated carbocycles. The molecule has 0 aliphatic carbocycles. The number of aryl methyl sites for hydroxylation is 1. The summed E-state index contributed by atoms with van der Waals surface area (Å²) in [7, 11) is 0. The average Bonchev–Trinajstić information content (AvgIpc) is 2.04. The highest BCUT2D eigenvalue weighted by Gasteiger charge is 2.01. The van der Waals surface area contributed by atoms with Crippen LogP contribution in [0.4, 0.5) is 0 Å². The molecule has 62 valence electrons. The molecule has 1 N–H and O–H groups in total. The van der Waals surface area contributed by atoms with Crippen LogP contribution in [0.2, 0.25) is 0 Å². The second-order valence-corrected chi connectivity index (χ2v) is 2.74. The minimum atomic E-state index is 0.0913. The Balaban J connectivity index is 3.30. The molecule has 1 rings (SSSR count). The van der Waals surface area contributed by atoms with Crippen molar-refractivity contribution in [2.75, 3.05) is 0 Å². The standard InChI is InChI=1S/C11H12O/c1-4-10-6-5-8(2)7-11(10)9(3)12/h4-7,12H,1,3H2,2H3. The third-order valence-corrected chi connectivity index (χ3v) is 1.74. The zero-order valence-electron chi connectivity index (χ0n) is 7.17. The number of aliphatic hydroxyl groups is 1. The van der Waals surface area contributed by atoms with E-state index in [0.717, 1.165) is 16.7 Å². The van der Waals surface area contributed by atoms with Crippen molar-refractivity contribution in [1.82, 2.24) is 0 Å². The molecule has 0 aromatic heterocycles. The van der Waals surface area contributed by atoms with Gasteiger partial charge in [0.2, 0.25) is 0 Å². The molecule has 0 bridgehead atoms. The van der Waals surface area contributed by atoms with E-state index in [9.17, 15) is 5.11 Å². The summed E-state index contributed by atoms with van der Waals surface area (Å²) in [6.45, 7) is 9.11. The topological polar surface area (TPSA) is 20.2 Å². The smallest absolute Gasteiger partial charge is 0.116 e. The van der Waals surface area contributed by atoms with E-state index in [4.69, 9.17) is 0 Å². The Morgan fingerprint density at radius 3 is 2.67 bits per heavy atom. The predicted molar refractivity (Wildman–Crippen MR) is 52.9 cm³/mol. The summed E-state index contributed by atoms with van der Waals surface area (Å²) in [5, 5.41) is 9.22. The first-order chi connectivity index (χ1) is 5.65. The molecule has 1 aromatic carbocycles. The maximum Gasteiger partial charge on any atom is 0.116 e.